The molecule has 0 aliphatic carbocycles. The summed E-state index contributed by atoms with van der Waals surface area (Å²) in [4.78, 5) is 8.45. The van der Waals surface area contributed by atoms with Crippen LogP contribution in [0.15, 0.2) is 29.8 Å². The summed E-state index contributed by atoms with van der Waals surface area (Å²) >= 11 is 1.57. The molecule has 2 N–H and O–H groups in total. The van der Waals surface area contributed by atoms with Gasteiger partial charge in [-0.1, -0.05) is 0 Å². The van der Waals surface area contributed by atoms with Gasteiger partial charge in [-0.15, -0.1) is 11.8 Å². The van der Waals surface area contributed by atoms with E-state index in [4.69, 9.17) is 0 Å². The summed E-state index contributed by atoms with van der Waals surface area (Å²) in [6.07, 6.45) is 7.21. The lowest BCUT2D eigenvalue weighted by molar-refractivity contribution is 0.637. The average Bonchev–Trinajstić information content (AvgIpc) is 3.07. The van der Waals surface area contributed by atoms with Crippen LogP contribution in [0.4, 0.5) is 5.82 Å². The van der Waals surface area contributed by atoms with Crippen LogP contribution >= 0.6 is 11.8 Å². The Hall–Kier alpha value is -2.09. The van der Waals surface area contributed by atoms with Gasteiger partial charge in [-0.2, -0.15) is 10.2 Å². The molecule has 7 nitrogen and oxygen atoms in total. The summed E-state index contributed by atoms with van der Waals surface area (Å²) in [5.74, 6) is 0.801. The molecular weight excluding hydrogens is 262 g/mol. The second kappa shape index (κ2) is 5.27. The molecule has 0 aliphatic rings. The van der Waals surface area contributed by atoms with Crippen molar-refractivity contribution < 1.29 is 0 Å². The summed E-state index contributed by atoms with van der Waals surface area (Å²) in [6.45, 7) is 1.53. The molecule has 0 fully saturated rings. The van der Waals surface area contributed by atoms with Crippen LogP contribution in [0.2, 0.25) is 0 Å². The number of rotatable bonds is 5. The quantitative estimate of drug-likeness (QED) is 0.684. The Morgan fingerprint density at radius 3 is 3.16 bits per heavy atom. The zero-order valence-corrected chi connectivity index (χ0v) is 11.2. The van der Waals surface area contributed by atoms with Gasteiger partial charge in [0.15, 0.2) is 5.65 Å². The van der Waals surface area contributed by atoms with Crippen molar-refractivity contribution >= 4 is 28.6 Å². The Balaban J connectivity index is 1.78. The van der Waals surface area contributed by atoms with Gasteiger partial charge in [0.05, 0.1) is 11.9 Å². The maximum absolute atomic E-state index is 4.28. The van der Waals surface area contributed by atoms with E-state index in [0.717, 1.165) is 35.0 Å². The molecule has 0 bridgehead atoms. The molecule has 0 atom stereocenters. The van der Waals surface area contributed by atoms with Crippen molar-refractivity contribution in [1.29, 1.82) is 0 Å². The van der Waals surface area contributed by atoms with Crippen molar-refractivity contribution in [3.8, 4) is 0 Å². The van der Waals surface area contributed by atoms with Crippen LogP contribution in [0.25, 0.3) is 11.0 Å². The van der Waals surface area contributed by atoms with E-state index in [9.17, 15) is 0 Å². The maximum Gasteiger partial charge on any atom is 0.161 e. The van der Waals surface area contributed by atoms with Gasteiger partial charge >= 0.3 is 0 Å². The fourth-order valence-corrected chi connectivity index (χ4v) is 2.37. The molecule has 3 aromatic heterocycles. The Morgan fingerprint density at radius 2 is 2.37 bits per heavy atom. The standard InChI is InChI=1S/C11H13N7S/c1-19-11-8-9(13-7-14-10(8)16-17-11)12-4-6-18-5-2-3-15-18/h2-3,5,7H,4,6H2,1H3,(H2,12,13,14,16,17). The van der Waals surface area contributed by atoms with Crippen molar-refractivity contribution in [2.24, 2.45) is 0 Å². The predicted molar refractivity (Wildman–Crippen MR) is 74.2 cm³/mol. The second-order valence-electron chi connectivity index (χ2n) is 3.87. The number of thioether (sulfide) groups is 1. The minimum Gasteiger partial charge on any atom is -0.367 e. The minimum absolute atomic E-state index is 0.743. The number of aromatic amines is 1. The Kier molecular flexibility index (Phi) is 3.32. The second-order valence-corrected chi connectivity index (χ2v) is 4.67. The summed E-state index contributed by atoms with van der Waals surface area (Å²) in [6, 6.07) is 1.91. The highest BCUT2D eigenvalue weighted by molar-refractivity contribution is 7.98. The van der Waals surface area contributed by atoms with E-state index < -0.39 is 0 Å². The van der Waals surface area contributed by atoms with Gasteiger partial charge in [0.2, 0.25) is 0 Å². The number of aromatic nitrogens is 6. The number of anilines is 1. The van der Waals surface area contributed by atoms with Gasteiger partial charge < -0.3 is 5.32 Å². The van der Waals surface area contributed by atoms with Crippen LogP contribution in [-0.4, -0.2) is 42.7 Å². The third kappa shape index (κ3) is 2.39. The highest BCUT2D eigenvalue weighted by Gasteiger charge is 2.11. The van der Waals surface area contributed by atoms with E-state index >= 15 is 0 Å². The summed E-state index contributed by atoms with van der Waals surface area (Å²) in [7, 11) is 0. The van der Waals surface area contributed by atoms with Gasteiger partial charge in [-0.05, 0) is 12.3 Å². The highest BCUT2D eigenvalue weighted by Crippen LogP contribution is 2.27. The molecule has 0 radical (unpaired) electrons. The van der Waals surface area contributed by atoms with E-state index in [1.807, 2.05) is 23.2 Å². The molecular formula is C11H13N7S. The van der Waals surface area contributed by atoms with Crippen LogP contribution in [0, 0.1) is 0 Å². The number of nitrogens with zero attached hydrogens (tertiary/aromatic N) is 5. The van der Waals surface area contributed by atoms with Gasteiger partial charge in [0, 0.05) is 18.9 Å². The molecule has 3 rings (SSSR count). The molecule has 0 amide bonds. The number of hydrogen-bond donors (Lipinski definition) is 2. The minimum atomic E-state index is 0.743. The van der Waals surface area contributed by atoms with Crippen molar-refractivity contribution in [3.05, 3.63) is 24.8 Å². The van der Waals surface area contributed by atoms with Crippen molar-refractivity contribution in [1.82, 2.24) is 29.9 Å². The van der Waals surface area contributed by atoms with Gasteiger partial charge in [-0.3, -0.25) is 9.78 Å². The van der Waals surface area contributed by atoms with Crippen LogP contribution in [-0.2, 0) is 6.54 Å². The molecule has 98 valence electrons. The van der Waals surface area contributed by atoms with Crippen LogP contribution in [0.5, 0.6) is 0 Å². The molecule has 0 saturated carbocycles. The molecule has 0 unspecified atom stereocenters. The summed E-state index contributed by atoms with van der Waals surface area (Å²) in [5.41, 5.74) is 0.751. The topological polar surface area (TPSA) is 84.3 Å². The first kappa shape index (κ1) is 12.0. The summed E-state index contributed by atoms with van der Waals surface area (Å²) < 4.78 is 1.87. The molecule has 0 spiro atoms. The fraction of sp³-hybridized carbons (Fsp3) is 0.273. The van der Waals surface area contributed by atoms with E-state index in [1.165, 1.54) is 6.33 Å². The maximum atomic E-state index is 4.28. The first-order valence-corrected chi connectivity index (χ1v) is 7.05. The number of nitrogens with one attached hydrogen (secondary N) is 2. The first-order chi connectivity index (χ1) is 9.38. The Bertz CT molecular complexity index is 661. The highest BCUT2D eigenvalue weighted by atomic mass is 32.2. The number of hydrogen-bond acceptors (Lipinski definition) is 6. The van der Waals surface area contributed by atoms with Crippen LogP contribution in [0.3, 0.4) is 0 Å². The molecule has 0 aromatic carbocycles. The zero-order valence-electron chi connectivity index (χ0n) is 10.4. The van der Waals surface area contributed by atoms with E-state index in [2.05, 4.69) is 30.6 Å². The largest absolute Gasteiger partial charge is 0.367 e. The Morgan fingerprint density at radius 1 is 1.42 bits per heavy atom. The number of H-pyrrole nitrogens is 1. The molecule has 8 heteroatoms. The molecule has 19 heavy (non-hydrogen) atoms. The van der Waals surface area contributed by atoms with Crippen molar-refractivity contribution in [2.75, 3.05) is 18.1 Å². The smallest absolute Gasteiger partial charge is 0.161 e. The average molecular weight is 275 g/mol. The third-order valence-corrected chi connectivity index (χ3v) is 3.39. The van der Waals surface area contributed by atoms with E-state index in [0.29, 0.717) is 0 Å². The fourth-order valence-electron chi connectivity index (χ4n) is 1.84. The predicted octanol–water partition coefficient (Wildman–Crippen LogP) is 1.38. The molecule has 3 aromatic rings. The molecule has 0 saturated heterocycles. The lowest BCUT2D eigenvalue weighted by Gasteiger charge is -2.06. The lowest BCUT2D eigenvalue weighted by atomic mass is 10.4. The van der Waals surface area contributed by atoms with Gasteiger partial charge in [0.1, 0.15) is 17.2 Å². The monoisotopic (exact) mass is 275 g/mol. The van der Waals surface area contributed by atoms with E-state index in [-0.39, 0.29) is 0 Å². The number of fused-ring (bicyclic) bond motifs is 1. The molecule has 3 heterocycles. The van der Waals surface area contributed by atoms with Crippen LogP contribution < -0.4 is 5.32 Å². The van der Waals surface area contributed by atoms with Crippen molar-refractivity contribution in [2.45, 2.75) is 11.6 Å². The third-order valence-electron chi connectivity index (χ3n) is 2.71. The van der Waals surface area contributed by atoms with Gasteiger partial charge in [-0.25, -0.2) is 9.97 Å². The SMILES string of the molecule is CSc1n[nH]c2ncnc(NCCn3cccn3)c12. The lowest BCUT2D eigenvalue weighted by Crippen LogP contribution is -2.12. The van der Waals surface area contributed by atoms with E-state index in [1.54, 1.807) is 18.0 Å². The first-order valence-electron chi connectivity index (χ1n) is 5.83. The Labute approximate surface area is 113 Å². The zero-order chi connectivity index (χ0) is 13.1. The summed E-state index contributed by atoms with van der Waals surface area (Å²) in [5, 5.41) is 16.4. The van der Waals surface area contributed by atoms with Gasteiger partial charge in [0.25, 0.3) is 0 Å². The van der Waals surface area contributed by atoms with Crippen molar-refractivity contribution in [3.63, 3.8) is 0 Å². The molecule has 0 aliphatic heterocycles. The normalized spacial score (nSPS) is 11.0. The van der Waals surface area contributed by atoms with Crippen LogP contribution in [0.1, 0.15) is 0 Å².